The van der Waals surface area contributed by atoms with Crippen LogP contribution in [0.2, 0.25) is 0 Å². The van der Waals surface area contributed by atoms with E-state index in [9.17, 15) is 9.79 Å². The number of benzene rings is 2. The van der Waals surface area contributed by atoms with Gasteiger partial charge in [0.05, 0.1) is 0 Å². The van der Waals surface area contributed by atoms with Crippen molar-refractivity contribution in [1.82, 2.24) is 0 Å². The van der Waals surface area contributed by atoms with Crippen molar-refractivity contribution in [3.05, 3.63) is 60.7 Å². The molecule has 0 heterocycles. The van der Waals surface area contributed by atoms with Crippen molar-refractivity contribution >= 4 is 17.9 Å². The first-order chi connectivity index (χ1) is 12.6. The molecule has 0 aliphatic rings. The Kier molecular flexibility index (Phi) is 8.24. The van der Waals surface area contributed by atoms with E-state index < -0.39 is 7.28 Å². The van der Waals surface area contributed by atoms with Gasteiger partial charge in [-0.25, -0.2) is 0 Å². The van der Waals surface area contributed by atoms with E-state index in [0.29, 0.717) is 17.2 Å². The van der Waals surface area contributed by atoms with Crippen LogP contribution < -0.4 is 10.6 Å². The van der Waals surface area contributed by atoms with Gasteiger partial charge in [0.25, 0.3) is 0 Å². The fourth-order valence-corrected chi connectivity index (χ4v) is 5.66. The van der Waals surface area contributed by atoms with Gasteiger partial charge in [0.2, 0.25) is 0 Å². The van der Waals surface area contributed by atoms with E-state index in [4.69, 9.17) is 4.52 Å². The van der Waals surface area contributed by atoms with Gasteiger partial charge in [0.1, 0.15) is 0 Å². The third-order valence-electron chi connectivity index (χ3n) is 4.78. The molecule has 0 radical (unpaired) electrons. The second-order valence-corrected chi connectivity index (χ2v) is 10.1. The summed E-state index contributed by atoms with van der Waals surface area (Å²) in [7, 11) is -4.58. The third-order valence-corrected chi connectivity index (χ3v) is 7.91. The summed E-state index contributed by atoms with van der Waals surface area (Å²) in [6.07, 6.45) is 9.53. The van der Waals surface area contributed by atoms with Gasteiger partial charge in [-0.05, 0) is 0 Å². The van der Waals surface area contributed by atoms with Crippen LogP contribution in [0.3, 0.4) is 0 Å². The van der Waals surface area contributed by atoms with Crippen LogP contribution in [0.1, 0.15) is 58.3 Å². The van der Waals surface area contributed by atoms with Gasteiger partial charge in [0.15, 0.2) is 0 Å². The summed E-state index contributed by atoms with van der Waals surface area (Å²) < 4.78 is 5.88. The number of rotatable bonds is 12. The SMILES string of the molecule is CCCCCCCCCCOP(O)(O)(c1ccccc1)c1ccccc1. The summed E-state index contributed by atoms with van der Waals surface area (Å²) in [5.74, 6) is 0. The van der Waals surface area contributed by atoms with Crippen molar-refractivity contribution in [3.8, 4) is 0 Å². The second kappa shape index (κ2) is 10.2. The van der Waals surface area contributed by atoms with Gasteiger partial charge in [0, 0.05) is 0 Å². The van der Waals surface area contributed by atoms with Crippen LogP contribution in [-0.2, 0) is 4.52 Å². The molecule has 0 amide bonds. The monoisotopic (exact) mass is 376 g/mol. The van der Waals surface area contributed by atoms with Crippen LogP contribution in [-0.4, -0.2) is 16.4 Å². The molecule has 0 aromatic heterocycles. The summed E-state index contributed by atoms with van der Waals surface area (Å²) in [5.41, 5.74) is 0. The zero-order valence-electron chi connectivity index (χ0n) is 15.9. The Morgan fingerprint density at radius 2 is 1.08 bits per heavy atom. The van der Waals surface area contributed by atoms with Crippen LogP contribution in [0.25, 0.3) is 0 Å². The van der Waals surface area contributed by atoms with Crippen LogP contribution in [0.5, 0.6) is 0 Å². The van der Waals surface area contributed by atoms with E-state index in [1.807, 2.05) is 36.4 Å². The predicted molar refractivity (Wildman–Crippen MR) is 112 cm³/mol. The van der Waals surface area contributed by atoms with E-state index in [1.54, 1.807) is 24.3 Å². The topological polar surface area (TPSA) is 49.7 Å². The molecule has 0 saturated carbocycles. The Hall–Kier alpha value is -1.25. The zero-order chi connectivity index (χ0) is 18.7. The molecule has 0 aliphatic heterocycles. The molecule has 4 heteroatoms. The standard InChI is InChI=1S/C22H33O3P/c1-2-3-4-5-6-7-8-15-20-25-26(23,24,21-16-11-9-12-17-21)22-18-13-10-14-19-22/h9-14,16-19,23-24H,2-8,15,20H2,1H3. The molecule has 2 rings (SSSR count). The summed E-state index contributed by atoms with van der Waals surface area (Å²) >= 11 is 0. The Bertz CT molecular complexity index is 585. The van der Waals surface area contributed by atoms with Gasteiger partial charge < -0.3 is 0 Å². The minimum absolute atomic E-state index is 0.351. The van der Waals surface area contributed by atoms with Crippen LogP contribution in [0.4, 0.5) is 0 Å². The average Bonchev–Trinajstić information content (AvgIpc) is 2.68. The van der Waals surface area contributed by atoms with Gasteiger partial charge in [-0.1, -0.05) is 0 Å². The van der Waals surface area contributed by atoms with E-state index in [-0.39, 0.29) is 0 Å². The molecular weight excluding hydrogens is 343 g/mol. The minimum atomic E-state index is -4.58. The number of hydrogen-bond acceptors (Lipinski definition) is 3. The first kappa shape index (κ1) is 21.1. The van der Waals surface area contributed by atoms with E-state index in [0.717, 1.165) is 12.8 Å². The molecule has 26 heavy (non-hydrogen) atoms. The molecule has 0 aliphatic carbocycles. The molecule has 0 unspecified atom stereocenters. The maximum atomic E-state index is 11.4. The maximum absolute atomic E-state index is 11.4. The Morgan fingerprint density at radius 1 is 0.654 bits per heavy atom. The van der Waals surface area contributed by atoms with E-state index in [2.05, 4.69) is 6.92 Å². The van der Waals surface area contributed by atoms with Crippen LogP contribution in [0.15, 0.2) is 60.7 Å². The average molecular weight is 376 g/mol. The van der Waals surface area contributed by atoms with Crippen LogP contribution >= 0.6 is 7.28 Å². The summed E-state index contributed by atoms with van der Waals surface area (Å²) in [6, 6.07) is 17.9. The van der Waals surface area contributed by atoms with Gasteiger partial charge in [-0.2, -0.15) is 0 Å². The quantitative estimate of drug-likeness (QED) is 0.401. The Balaban J connectivity index is 1.95. The van der Waals surface area contributed by atoms with Gasteiger partial charge >= 0.3 is 158 Å². The fourth-order valence-electron chi connectivity index (χ4n) is 3.17. The van der Waals surface area contributed by atoms with Gasteiger partial charge in [-0.15, -0.1) is 0 Å². The Morgan fingerprint density at radius 3 is 1.54 bits per heavy atom. The first-order valence-corrected chi connectivity index (χ1v) is 11.9. The number of hydrogen-bond donors (Lipinski definition) is 2. The summed E-state index contributed by atoms with van der Waals surface area (Å²) in [6.45, 7) is 2.58. The summed E-state index contributed by atoms with van der Waals surface area (Å²) in [5, 5.41) is 0.897. The molecule has 0 atom stereocenters. The molecular formula is C22H33O3P. The van der Waals surface area contributed by atoms with Crippen molar-refractivity contribution in [2.45, 2.75) is 58.3 Å². The van der Waals surface area contributed by atoms with Crippen molar-refractivity contribution in [2.75, 3.05) is 6.61 Å². The third kappa shape index (κ3) is 5.62. The normalized spacial score (nSPS) is 13.3. The van der Waals surface area contributed by atoms with Crippen molar-refractivity contribution in [3.63, 3.8) is 0 Å². The second-order valence-electron chi connectivity index (χ2n) is 6.93. The molecule has 2 aromatic carbocycles. The fraction of sp³-hybridized carbons (Fsp3) is 0.455. The van der Waals surface area contributed by atoms with Crippen molar-refractivity contribution in [2.24, 2.45) is 0 Å². The van der Waals surface area contributed by atoms with E-state index >= 15 is 0 Å². The molecule has 0 bridgehead atoms. The van der Waals surface area contributed by atoms with Crippen LogP contribution in [0, 0.1) is 0 Å². The zero-order valence-corrected chi connectivity index (χ0v) is 16.8. The van der Waals surface area contributed by atoms with Crippen molar-refractivity contribution in [1.29, 1.82) is 0 Å². The van der Waals surface area contributed by atoms with Gasteiger partial charge in [-0.3, -0.25) is 0 Å². The van der Waals surface area contributed by atoms with E-state index in [1.165, 1.54) is 38.5 Å². The molecule has 0 spiro atoms. The molecule has 0 fully saturated rings. The predicted octanol–water partition coefficient (Wildman–Crippen LogP) is 5.08. The molecule has 3 nitrogen and oxygen atoms in total. The van der Waals surface area contributed by atoms with Crippen molar-refractivity contribution < 1.29 is 14.3 Å². The molecule has 0 saturated heterocycles. The Labute approximate surface area is 158 Å². The molecule has 2 N–H and O–H groups in total. The summed E-state index contributed by atoms with van der Waals surface area (Å²) in [4.78, 5) is 22.8. The molecule has 144 valence electrons. The number of unbranched alkanes of at least 4 members (excludes halogenated alkanes) is 7. The molecule has 2 aromatic rings. The first-order valence-electron chi connectivity index (χ1n) is 9.85.